The van der Waals surface area contributed by atoms with Crippen molar-refractivity contribution in [1.82, 2.24) is 10.6 Å². The first-order chi connectivity index (χ1) is 9.29. The van der Waals surface area contributed by atoms with Crippen LogP contribution in [0.5, 0.6) is 0 Å². The number of guanidine groups is 1. The zero-order valence-electron chi connectivity index (χ0n) is 11.8. The second kappa shape index (κ2) is 9.57. The third-order valence-corrected chi connectivity index (χ3v) is 4.23. The Kier molecular flexibility index (Phi) is 8.47. The molecule has 0 aromatic carbocycles. The number of rotatable bonds is 5. The van der Waals surface area contributed by atoms with Gasteiger partial charge in [0.1, 0.15) is 0 Å². The zero-order valence-corrected chi connectivity index (χ0v) is 15.0. The summed E-state index contributed by atoms with van der Waals surface area (Å²) in [7, 11) is 0. The van der Waals surface area contributed by atoms with Crippen molar-refractivity contribution in [3.05, 3.63) is 22.4 Å². The molecule has 2 rings (SSSR count). The van der Waals surface area contributed by atoms with E-state index >= 15 is 0 Å². The van der Waals surface area contributed by atoms with Crippen molar-refractivity contribution in [3.63, 3.8) is 0 Å². The summed E-state index contributed by atoms with van der Waals surface area (Å²) in [5.41, 5.74) is 1.24. The largest absolute Gasteiger partial charge is 0.393 e. The minimum atomic E-state index is -0.146. The van der Waals surface area contributed by atoms with Gasteiger partial charge in [0.05, 0.1) is 12.6 Å². The Labute approximate surface area is 142 Å². The standard InChI is InChI=1S/C14H23N3OS.HI/c1-2-15-14(16-8-11-6-7-19-10-11)17-9-12-4-3-5-13(12)18;/h6-7,10,12-13,18H,2-5,8-9H2,1H3,(H2,15,16,17);1H. The Balaban J connectivity index is 0.00000200. The maximum absolute atomic E-state index is 9.81. The molecule has 6 heteroatoms. The molecule has 0 amide bonds. The van der Waals surface area contributed by atoms with E-state index in [2.05, 4.69) is 39.4 Å². The van der Waals surface area contributed by atoms with E-state index in [9.17, 15) is 5.11 Å². The first kappa shape index (κ1) is 17.7. The van der Waals surface area contributed by atoms with Gasteiger partial charge in [-0.3, -0.25) is 0 Å². The van der Waals surface area contributed by atoms with E-state index in [1.807, 2.05) is 0 Å². The third-order valence-electron chi connectivity index (χ3n) is 3.49. The molecular formula is C14H24IN3OS. The van der Waals surface area contributed by atoms with E-state index in [0.29, 0.717) is 12.5 Å². The second-order valence-corrected chi connectivity index (χ2v) is 5.75. The highest BCUT2D eigenvalue weighted by molar-refractivity contribution is 14.0. The van der Waals surface area contributed by atoms with Crippen molar-refractivity contribution >= 4 is 41.3 Å². The van der Waals surface area contributed by atoms with Gasteiger partial charge in [-0.1, -0.05) is 6.42 Å². The number of nitrogens with one attached hydrogen (secondary N) is 2. The van der Waals surface area contributed by atoms with Crippen LogP contribution in [0.3, 0.4) is 0 Å². The van der Waals surface area contributed by atoms with Crippen LogP contribution < -0.4 is 10.6 Å². The van der Waals surface area contributed by atoms with Crippen LogP contribution >= 0.6 is 35.3 Å². The first-order valence-corrected chi connectivity index (χ1v) is 7.95. The summed E-state index contributed by atoms with van der Waals surface area (Å²) in [6, 6.07) is 2.10. The van der Waals surface area contributed by atoms with Crippen molar-refractivity contribution in [1.29, 1.82) is 0 Å². The lowest BCUT2D eigenvalue weighted by Gasteiger charge is -2.17. The van der Waals surface area contributed by atoms with Crippen molar-refractivity contribution < 1.29 is 5.11 Å². The number of nitrogens with zero attached hydrogens (tertiary/aromatic N) is 1. The normalized spacial score (nSPS) is 22.4. The van der Waals surface area contributed by atoms with Crippen molar-refractivity contribution in [2.24, 2.45) is 10.9 Å². The number of aliphatic hydroxyl groups is 1. The maximum Gasteiger partial charge on any atom is 0.191 e. The fourth-order valence-corrected chi connectivity index (χ4v) is 3.04. The van der Waals surface area contributed by atoms with Crippen LogP contribution in [-0.2, 0) is 6.54 Å². The molecule has 0 aliphatic heterocycles. The van der Waals surface area contributed by atoms with Gasteiger partial charge in [-0.2, -0.15) is 11.3 Å². The highest BCUT2D eigenvalue weighted by atomic mass is 127. The molecule has 2 atom stereocenters. The van der Waals surface area contributed by atoms with E-state index < -0.39 is 0 Å². The number of aliphatic imine (C=N–C) groups is 1. The predicted molar refractivity (Wildman–Crippen MR) is 95.9 cm³/mol. The molecule has 2 unspecified atom stereocenters. The van der Waals surface area contributed by atoms with Crippen molar-refractivity contribution in [3.8, 4) is 0 Å². The molecule has 114 valence electrons. The Morgan fingerprint density at radius 1 is 1.45 bits per heavy atom. The molecule has 4 nitrogen and oxygen atoms in total. The molecule has 20 heavy (non-hydrogen) atoms. The lowest BCUT2D eigenvalue weighted by molar-refractivity contribution is 0.134. The Hall–Kier alpha value is -0.340. The monoisotopic (exact) mass is 409 g/mol. The van der Waals surface area contributed by atoms with Crippen LogP contribution in [0.4, 0.5) is 0 Å². The molecule has 3 N–H and O–H groups in total. The zero-order chi connectivity index (χ0) is 13.5. The fourth-order valence-electron chi connectivity index (χ4n) is 2.38. The quantitative estimate of drug-likeness (QED) is 0.398. The highest BCUT2D eigenvalue weighted by Gasteiger charge is 2.24. The van der Waals surface area contributed by atoms with E-state index in [-0.39, 0.29) is 30.1 Å². The highest BCUT2D eigenvalue weighted by Crippen LogP contribution is 2.24. The molecule has 0 radical (unpaired) electrons. The van der Waals surface area contributed by atoms with Gasteiger partial charge in [0.15, 0.2) is 5.96 Å². The molecular weight excluding hydrogens is 385 g/mol. The summed E-state index contributed by atoms with van der Waals surface area (Å²) in [5, 5.41) is 20.6. The smallest absolute Gasteiger partial charge is 0.191 e. The summed E-state index contributed by atoms with van der Waals surface area (Å²) in [4.78, 5) is 4.56. The van der Waals surface area contributed by atoms with E-state index in [0.717, 1.165) is 38.3 Å². The molecule has 1 heterocycles. The first-order valence-electron chi connectivity index (χ1n) is 7.01. The third kappa shape index (κ3) is 5.57. The molecule has 1 aliphatic rings. The Morgan fingerprint density at radius 3 is 2.90 bits per heavy atom. The van der Waals surface area contributed by atoms with Gasteiger partial charge in [-0.25, -0.2) is 4.99 Å². The topological polar surface area (TPSA) is 56.7 Å². The molecule has 0 bridgehead atoms. The molecule has 1 fully saturated rings. The SMILES string of the molecule is CCNC(=NCc1ccsc1)NCC1CCCC1O.I. The maximum atomic E-state index is 9.81. The van der Waals surface area contributed by atoms with Crippen LogP contribution in [-0.4, -0.2) is 30.3 Å². The Bertz CT molecular complexity index is 397. The van der Waals surface area contributed by atoms with Gasteiger partial charge in [-0.15, -0.1) is 24.0 Å². The van der Waals surface area contributed by atoms with E-state index in [1.54, 1.807) is 11.3 Å². The fraction of sp³-hybridized carbons (Fsp3) is 0.643. The lowest BCUT2D eigenvalue weighted by atomic mass is 10.1. The number of halogens is 1. The lowest BCUT2D eigenvalue weighted by Crippen LogP contribution is -2.41. The molecule has 1 saturated carbocycles. The summed E-state index contributed by atoms with van der Waals surface area (Å²) >= 11 is 1.70. The number of thiophene rings is 1. The van der Waals surface area contributed by atoms with E-state index in [1.165, 1.54) is 5.56 Å². The van der Waals surface area contributed by atoms with Crippen LogP contribution in [0.1, 0.15) is 31.7 Å². The van der Waals surface area contributed by atoms with Crippen molar-refractivity contribution in [2.75, 3.05) is 13.1 Å². The van der Waals surface area contributed by atoms with Crippen LogP contribution in [0.25, 0.3) is 0 Å². The minimum absolute atomic E-state index is 0. The molecule has 1 aromatic rings. The van der Waals surface area contributed by atoms with Gasteiger partial charge in [0.2, 0.25) is 0 Å². The van der Waals surface area contributed by atoms with Crippen LogP contribution in [0, 0.1) is 5.92 Å². The number of aliphatic hydroxyl groups excluding tert-OH is 1. The van der Waals surface area contributed by atoms with Gasteiger partial charge in [0, 0.05) is 19.0 Å². The minimum Gasteiger partial charge on any atom is -0.393 e. The summed E-state index contributed by atoms with van der Waals surface area (Å²) in [6.45, 7) is 4.41. The van der Waals surface area contributed by atoms with Gasteiger partial charge in [0.25, 0.3) is 0 Å². The van der Waals surface area contributed by atoms with Crippen LogP contribution in [0.2, 0.25) is 0 Å². The number of hydrogen-bond acceptors (Lipinski definition) is 3. The average molecular weight is 409 g/mol. The average Bonchev–Trinajstić information content (AvgIpc) is 3.04. The van der Waals surface area contributed by atoms with Gasteiger partial charge in [-0.05, 0) is 42.2 Å². The Morgan fingerprint density at radius 2 is 2.30 bits per heavy atom. The van der Waals surface area contributed by atoms with Crippen LogP contribution in [0.15, 0.2) is 21.8 Å². The second-order valence-electron chi connectivity index (χ2n) is 4.97. The van der Waals surface area contributed by atoms with Gasteiger partial charge >= 0.3 is 0 Å². The molecule has 0 saturated heterocycles. The predicted octanol–water partition coefficient (Wildman–Crippen LogP) is 2.58. The molecule has 0 spiro atoms. The van der Waals surface area contributed by atoms with Gasteiger partial charge < -0.3 is 15.7 Å². The van der Waals surface area contributed by atoms with E-state index in [4.69, 9.17) is 0 Å². The summed E-state index contributed by atoms with van der Waals surface area (Å²) in [5.74, 6) is 1.21. The van der Waals surface area contributed by atoms with Crippen molar-refractivity contribution in [2.45, 2.75) is 38.8 Å². The summed E-state index contributed by atoms with van der Waals surface area (Å²) < 4.78 is 0. The number of hydrogen-bond donors (Lipinski definition) is 3. The molecule has 1 aliphatic carbocycles. The summed E-state index contributed by atoms with van der Waals surface area (Å²) in [6.07, 6.45) is 3.04. The molecule has 1 aromatic heterocycles.